The molecule has 0 heterocycles. The summed E-state index contributed by atoms with van der Waals surface area (Å²) < 4.78 is 5.82. The summed E-state index contributed by atoms with van der Waals surface area (Å²) in [4.78, 5) is 0. The molecule has 0 saturated carbocycles. The summed E-state index contributed by atoms with van der Waals surface area (Å²) in [6, 6.07) is 14.4. The van der Waals surface area contributed by atoms with Crippen LogP contribution < -0.4 is 4.74 Å². The standard InChI is InChI=1S/C16H20O2/c1-13(17)7-4-5-12-18-16-11-6-9-14-8-2-3-10-15(14)16/h2-3,6,8-11,13,17H,4-5,7,12H2,1H3. The van der Waals surface area contributed by atoms with E-state index < -0.39 is 0 Å². The Morgan fingerprint density at radius 2 is 1.83 bits per heavy atom. The Kier molecular flexibility index (Phi) is 4.59. The SMILES string of the molecule is CC(O)CCCCOc1cccc2ccccc12. The van der Waals surface area contributed by atoms with E-state index in [4.69, 9.17) is 9.84 Å². The molecule has 1 atom stereocenters. The summed E-state index contributed by atoms with van der Waals surface area (Å²) in [5, 5.41) is 11.5. The molecule has 96 valence electrons. The number of fused-ring (bicyclic) bond motifs is 1. The summed E-state index contributed by atoms with van der Waals surface area (Å²) in [6.45, 7) is 2.53. The first-order valence-corrected chi connectivity index (χ1v) is 6.56. The normalized spacial score (nSPS) is 12.6. The molecule has 1 N–H and O–H groups in total. The van der Waals surface area contributed by atoms with Gasteiger partial charge in [-0.1, -0.05) is 36.4 Å². The molecule has 2 rings (SSSR count). The maximum absolute atomic E-state index is 9.17. The Labute approximate surface area is 108 Å². The Hall–Kier alpha value is -1.54. The van der Waals surface area contributed by atoms with Crippen LogP contribution in [0.1, 0.15) is 26.2 Å². The average Bonchev–Trinajstić information content (AvgIpc) is 2.38. The van der Waals surface area contributed by atoms with E-state index in [1.54, 1.807) is 0 Å². The van der Waals surface area contributed by atoms with E-state index in [2.05, 4.69) is 18.2 Å². The third-order valence-corrected chi connectivity index (χ3v) is 3.02. The van der Waals surface area contributed by atoms with Gasteiger partial charge in [-0.25, -0.2) is 0 Å². The molecule has 0 saturated heterocycles. The lowest BCUT2D eigenvalue weighted by atomic mass is 10.1. The van der Waals surface area contributed by atoms with Crippen LogP contribution in [0.2, 0.25) is 0 Å². The third kappa shape index (κ3) is 3.47. The van der Waals surface area contributed by atoms with Crippen LogP contribution in [0, 0.1) is 0 Å². The maximum Gasteiger partial charge on any atom is 0.127 e. The molecule has 0 aromatic heterocycles. The lowest BCUT2D eigenvalue weighted by Crippen LogP contribution is -2.02. The zero-order valence-corrected chi connectivity index (χ0v) is 10.8. The largest absolute Gasteiger partial charge is 0.493 e. The number of aliphatic hydroxyl groups is 1. The van der Waals surface area contributed by atoms with Crippen molar-refractivity contribution in [1.82, 2.24) is 0 Å². The van der Waals surface area contributed by atoms with E-state index in [9.17, 15) is 0 Å². The van der Waals surface area contributed by atoms with Gasteiger partial charge in [-0.2, -0.15) is 0 Å². The van der Waals surface area contributed by atoms with E-state index in [0.717, 1.165) is 30.4 Å². The van der Waals surface area contributed by atoms with E-state index in [0.29, 0.717) is 6.61 Å². The molecule has 2 aromatic rings. The van der Waals surface area contributed by atoms with Crippen LogP contribution in [-0.2, 0) is 0 Å². The molecule has 2 heteroatoms. The van der Waals surface area contributed by atoms with Crippen LogP contribution in [0.3, 0.4) is 0 Å². The molecule has 0 aliphatic rings. The van der Waals surface area contributed by atoms with Crippen LogP contribution in [0.15, 0.2) is 42.5 Å². The molecule has 0 fully saturated rings. The second kappa shape index (κ2) is 6.41. The Morgan fingerprint density at radius 3 is 2.67 bits per heavy atom. The number of hydrogen-bond donors (Lipinski definition) is 1. The van der Waals surface area contributed by atoms with Gasteiger partial charge in [-0.3, -0.25) is 0 Å². The minimum Gasteiger partial charge on any atom is -0.493 e. The molecule has 0 aliphatic carbocycles. The Bertz CT molecular complexity index is 486. The quantitative estimate of drug-likeness (QED) is 0.784. The van der Waals surface area contributed by atoms with Gasteiger partial charge in [0.05, 0.1) is 12.7 Å². The van der Waals surface area contributed by atoms with Gasteiger partial charge in [-0.05, 0) is 37.6 Å². The molecule has 2 nitrogen and oxygen atoms in total. The van der Waals surface area contributed by atoms with Crippen LogP contribution in [0.5, 0.6) is 5.75 Å². The molecule has 1 unspecified atom stereocenters. The monoisotopic (exact) mass is 244 g/mol. The van der Waals surface area contributed by atoms with Crippen molar-refractivity contribution in [2.75, 3.05) is 6.61 Å². The zero-order valence-electron chi connectivity index (χ0n) is 10.8. The van der Waals surface area contributed by atoms with Gasteiger partial charge in [0.25, 0.3) is 0 Å². The van der Waals surface area contributed by atoms with Crippen molar-refractivity contribution in [1.29, 1.82) is 0 Å². The van der Waals surface area contributed by atoms with Gasteiger partial charge in [0.15, 0.2) is 0 Å². The first kappa shape index (κ1) is 12.9. The van der Waals surface area contributed by atoms with Crippen molar-refractivity contribution < 1.29 is 9.84 Å². The van der Waals surface area contributed by atoms with Crippen LogP contribution in [0.25, 0.3) is 10.8 Å². The molecular formula is C16H20O2. The molecule has 0 aliphatic heterocycles. The number of ether oxygens (including phenoxy) is 1. The molecule has 0 amide bonds. The average molecular weight is 244 g/mol. The number of hydrogen-bond acceptors (Lipinski definition) is 2. The number of benzene rings is 2. The number of unbranched alkanes of at least 4 members (excludes halogenated alkanes) is 1. The second-order valence-corrected chi connectivity index (χ2v) is 4.67. The van der Waals surface area contributed by atoms with Crippen LogP contribution in [0.4, 0.5) is 0 Å². The lowest BCUT2D eigenvalue weighted by molar-refractivity contribution is 0.177. The molecule has 0 spiro atoms. The molecule has 0 radical (unpaired) electrons. The van der Waals surface area contributed by atoms with Crippen LogP contribution >= 0.6 is 0 Å². The van der Waals surface area contributed by atoms with Crippen molar-refractivity contribution in [3.05, 3.63) is 42.5 Å². The van der Waals surface area contributed by atoms with Gasteiger partial charge < -0.3 is 9.84 Å². The highest BCUT2D eigenvalue weighted by Crippen LogP contribution is 2.25. The van der Waals surface area contributed by atoms with E-state index in [-0.39, 0.29) is 6.10 Å². The first-order valence-electron chi connectivity index (χ1n) is 6.56. The van der Waals surface area contributed by atoms with Gasteiger partial charge in [0.2, 0.25) is 0 Å². The lowest BCUT2D eigenvalue weighted by Gasteiger charge is -2.09. The molecular weight excluding hydrogens is 224 g/mol. The number of aliphatic hydroxyl groups excluding tert-OH is 1. The summed E-state index contributed by atoms with van der Waals surface area (Å²) in [6.07, 6.45) is 2.62. The minimum atomic E-state index is -0.206. The first-order chi connectivity index (χ1) is 8.77. The van der Waals surface area contributed by atoms with Gasteiger partial charge in [0, 0.05) is 5.39 Å². The van der Waals surface area contributed by atoms with E-state index in [1.165, 1.54) is 5.39 Å². The summed E-state index contributed by atoms with van der Waals surface area (Å²) in [7, 11) is 0. The van der Waals surface area contributed by atoms with Crippen molar-refractivity contribution >= 4 is 10.8 Å². The summed E-state index contributed by atoms with van der Waals surface area (Å²) >= 11 is 0. The Balaban J connectivity index is 1.91. The van der Waals surface area contributed by atoms with Gasteiger partial charge >= 0.3 is 0 Å². The topological polar surface area (TPSA) is 29.5 Å². The van der Waals surface area contributed by atoms with E-state index in [1.807, 2.05) is 31.2 Å². The molecule has 0 bridgehead atoms. The van der Waals surface area contributed by atoms with E-state index >= 15 is 0 Å². The van der Waals surface area contributed by atoms with Gasteiger partial charge in [0.1, 0.15) is 5.75 Å². The molecule has 2 aromatic carbocycles. The highest BCUT2D eigenvalue weighted by Gasteiger charge is 2.01. The van der Waals surface area contributed by atoms with Crippen molar-refractivity contribution in [3.63, 3.8) is 0 Å². The number of rotatable bonds is 6. The molecule has 18 heavy (non-hydrogen) atoms. The smallest absolute Gasteiger partial charge is 0.127 e. The summed E-state index contributed by atoms with van der Waals surface area (Å²) in [5.41, 5.74) is 0. The fraction of sp³-hybridized carbons (Fsp3) is 0.375. The third-order valence-electron chi connectivity index (χ3n) is 3.02. The maximum atomic E-state index is 9.17. The van der Waals surface area contributed by atoms with Crippen LogP contribution in [-0.4, -0.2) is 17.8 Å². The highest BCUT2D eigenvalue weighted by molar-refractivity contribution is 5.88. The Morgan fingerprint density at radius 1 is 1.06 bits per heavy atom. The van der Waals surface area contributed by atoms with Gasteiger partial charge in [-0.15, -0.1) is 0 Å². The minimum absolute atomic E-state index is 0.206. The van der Waals surface area contributed by atoms with Crippen molar-refractivity contribution in [2.45, 2.75) is 32.3 Å². The zero-order chi connectivity index (χ0) is 12.8. The fourth-order valence-electron chi connectivity index (χ4n) is 2.05. The highest BCUT2D eigenvalue weighted by atomic mass is 16.5. The predicted molar refractivity (Wildman–Crippen MR) is 75.0 cm³/mol. The second-order valence-electron chi connectivity index (χ2n) is 4.67. The van der Waals surface area contributed by atoms with Crippen molar-refractivity contribution in [3.8, 4) is 5.75 Å². The van der Waals surface area contributed by atoms with Crippen molar-refractivity contribution in [2.24, 2.45) is 0 Å². The fourth-order valence-corrected chi connectivity index (χ4v) is 2.05. The predicted octanol–water partition coefficient (Wildman–Crippen LogP) is 3.77. The summed E-state index contributed by atoms with van der Waals surface area (Å²) in [5.74, 6) is 0.949.